The van der Waals surface area contributed by atoms with E-state index in [0.29, 0.717) is 0 Å². The first-order chi connectivity index (χ1) is 39.2. The molecule has 0 radical (unpaired) electrons. The van der Waals surface area contributed by atoms with Gasteiger partial charge in [-0.1, -0.05) is 258 Å². The van der Waals surface area contributed by atoms with Crippen LogP contribution >= 0.6 is 0 Å². The van der Waals surface area contributed by atoms with Crippen LogP contribution in [0.1, 0.15) is 49.9 Å². The molecule has 0 unspecified atom stereocenters. The van der Waals surface area contributed by atoms with Crippen molar-refractivity contribution >= 4 is 87.4 Å². The second kappa shape index (κ2) is 17.4. The van der Waals surface area contributed by atoms with E-state index in [2.05, 4.69) is 293 Å². The molecule has 2 aliphatic rings. The molecule has 14 aromatic carbocycles. The van der Waals surface area contributed by atoms with Crippen LogP contribution in [0.15, 0.2) is 255 Å². The van der Waals surface area contributed by atoms with Gasteiger partial charge in [-0.15, -0.1) is 0 Å². The Balaban J connectivity index is 1.07. The molecule has 0 fully saturated rings. The zero-order valence-corrected chi connectivity index (χ0v) is 45.2. The van der Waals surface area contributed by atoms with Gasteiger partial charge in [0.05, 0.1) is 11.4 Å². The number of nitrogens with one attached hydrogen (secondary N) is 2. The molecule has 2 aliphatic heterocycles. The van der Waals surface area contributed by atoms with Gasteiger partial charge in [0.1, 0.15) is 0 Å². The number of para-hydroxylation sites is 4. The summed E-state index contributed by atoms with van der Waals surface area (Å²) in [5.74, 6) is 0. The molecule has 0 amide bonds. The van der Waals surface area contributed by atoms with Crippen LogP contribution in [-0.2, 0) is 10.8 Å². The van der Waals surface area contributed by atoms with E-state index in [1.807, 2.05) is 0 Å². The van der Waals surface area contributed by atoms with Crippen LogP contribution in [0.4, 0.5) is 22.7 Å². The van der Waals surface area contributed by atoms with Crippen molar-refractivity contribution in [2.24, 2.45) is 0 Å². The molecule has 2 N–H and O–H groups in total. The number of hydrogen-bond acceptors (Lipinski definition) is 2. The smallest absolute Gasteiger partial charge is 0.0505 e. The van der Waals surface area contributed by atoms with Crippen molar-refractivity contribution in [3.8, 4) is 55.6 Å². The molecule has 0 spiro atoms. The lowest BCUT2D eigenvalue weighted by Crippen LogP contribution is -2.26. The van der Waals surface area contributed by atoms with Gasteiger partial charge in [-0.05, 0) is 156 Å². The highest BCUT2D eigenvalue weighted by Gasteiger charge is 2.36. The Bertz CT molecular complexity index is 4640. The summed E-state index contributed by atoms with van der Waals surface area (Å²) < 4.78 is 0. The number of anilines is 4. The molecule has 0 bridgehead atoms. The Morgan fingerprint density at radius 2 is 0.487 bits per heavy atom. The molecule has 0 saturated heterocycles. The van der Waals surface area contributed by atoms with Crippen LogP contribution in [0.5, 0.6) is 0 Å². The van der Waals surface area contributed by atoms with Crippen molar-refractivity contribution in [2.45, 2.75) is 38.5 Å². The third-order valence-electron chi connectivity index (χ3n) is 18.3. The lowest BCUT2D eigenvalue weighted by atomic mass is 9.73. The van der Waals surface area contributed by atoms with E-state index < -0.39 is 0 Å². The molecule has 2 heterocycles. The monoisotopic (exact) mass is 1020 g/mol. The van der Waals surface area contributed by atoms with Gasteiger partial charge in [0.25, 0.3) is 0 Å². The maximum Gasteiger partial charge on any atom is 0.0505 e. The van der Waals surface area contributed by atoms with Gasteiger partial charge in [-0.2, -0.15) is 0 Å². The molecule has 2 nitrogen and oxygen atoms in total. The van der Waals surface area contributed by atoms with Gasteiger partial charge in [-0.25, -0.2) is 0 Å². The van der Waals surface area contributed by atoms with Crippen molar-refractivity contribution in [3.05, 3.63) is 277 Å². The minimum Gasteiger partial charge on any atom is -0.355 e. The molecule has 378 valence electrons. The summed E-state index contributed by atoms with van der Waals surface area (Å²) in [5.41, 5.74) is 21.5. The minimum absolute atomic E-state index is 0.222. The number of benzene rings is 14. The van der Waals surface area contributed by atoms with Gasteiger partial charge in [0.2, 0.25) is 0 Å². The fraction of sp³-hybridized carbons (Fsp3) is 0.0769. The zero-order chi connectivity index (χ0) is 53.4. The van der Waals surface area contributed by atoms with E-state index in [1.165, 1.54) is 143 Å². The largest absolute Gasteiger partial charge is 0.355 e. The van der Waals surface area contributed by atoms with E-state index in [-0.39, 0.29) is 10.8 Å². The second-order valence-electron chi connectivity index (χ2n) is 23.2. The lowest BCUT2D eigenvalue weighted by Gasteiger charge is -2.37. The predicted molar refractivity (Wildman–Crippen MR) is 342 cm³/mol. The Labute approximate surface area is 466 Å². The van der Waals surface area contributed by atoms with Gasteiger partial charge < -0.3 is 10.6 Å². The van der Waals surface area contributed by atoms with Crippen LogP contribution in [0.2, 0.25) is 0 Å². The summed E-state index contributed by atoms with van der Waals surface area (Å²) in [6, 6.07) is 95.8. The van der Waals surface area contributed by atoms with E-state index in [4.69, 9.17) is 0 Å². The van der Waals surface area contributed by atoms with Gasteiger partial charge in [0.15, 0.2) is 0 Å². The third-order valence-corrected chi connectivity index (χ3v) is 18.3. The standard InChI is InChI=1S/C78H56N2/c1-77(2)67-39-9-11-43-71(67)79-75-61(37-19-41-69(75)77)55-31-17-35-59-65(55)46-66-56(62-38-20-42-70-76(62)80-72-44-12-10-40-68(72)78(70,3)4)32-18-36-60(66)74(59)73-57-33-15-29-53(51-27-13-23-47-21-5-7-25-49(47)51)63(57)45-64-54(30-16-34-58(64)73)52-28-14-24-48-22-6-8-26-50(48)52/h5-46,79-80H,1-4H3. The number of fused-ring (bicyclic) bond motifs is 10. The number of hydrogen-bond donors (Lipinski definition) is 2. The lowest BCUT2D eigenvalue weighted by molar-refractivity contribution is 0.638. The first-order valence-corrected chi connectivity index (χ1v) is 28.2. The van der Waals surface area contributed by atoms with Crippen LogP contribution in [-0.4, -0.2) is 0 Å². The predicted octanol–water partition coefficient (Wildman–Crippen LogP) is 21.7. The van der Waals surface area contributed by atoms with Gasteiger partial charge >= 0.3 is 0 Å². The summed E-state index contributed by atoms with van der Waals surface area (Å²) in [4.78, 5) is 0. The van der Waals surface area contributed by atoms with Crippen molar-refractivity contribution in [3.63, 3.8) is 0 Å². The van der Waals surface area contributed by atoms with Crippen LogP contribution in [0.3, 0.4) is 0 Å². The fourth-order valence-corrected chi connectivity index (χ4v) is 14.4. The van der Waals surface area contributed by atoms with Gasteiger partial charge in [-0.3, -0.25) is 0 Å². The molecular weight excluding hydrogens is 965 g/mol. The summed E-state index contributed by atoms with van der Waals surface area (Å²) in [7, 11) is 0. The van der Waals surface area contributed by atoms with Crippen LogP contribution in [0, 0.1) is 0 Å². The summed E-state index contributed by atoms with van der Waals surface area (Å²) in [5, 5.41) is 22.7. The minimum atomic E-state index is -0.222. The second-order valence-corrected chi connectivity index (χ2v) is 23.2. The summed E-state index contributed by atoms with van der Waals surface area (Å²) >= 11 is 0. The maximum atomic E-state index is 4.01. The molecule has 16 rings (SSSR count). The van der Waals surface area contributed by atoms with E-state index in [9.17, 15) is 0 Å². The van der Waals surface area contributed by atoms with E-state index in [1.54, 1.807) is 0 Å². The highest BCUT2D eigenvalue weighted by molar-refractivity contribution is 6.29. The van der Waals surface area contributed by atoms with Crippen molar-refractivity contribution < 1.29 is 0 Å². The fourth-order valence-electron chi connectivity index (χ4n) is 14.4. The van der Waals surface area contributed by atoms with Crippen molar-refractivity contribution in [2.75, 3.05) is 10.6 Å². The van der Waals surface area contributed by atoms with E-state index >= 15 is 0 Å². The Hall–Kier alpha value is -9.76. The maximum absolute atomic E-state index is 4.01. The molecule has 0 aliphatic carbocycles. The highest BCUT2D eigenvalue weighted by atomic mass is 14.9. The molecule has 0 saturated carbocycles. The number of rotatable bonds is 5. The summed E-state index contributed by atoms with van der Waals surface area (Å²) in [6.07, 6.45) is 0. The topological polar surface area (TPSA) is 24.1 Å². The van der Waals surface area contributed by atoms with Gasteiger partial charge in [0, 0.05) is 33.3 Å². The average molecular weight is 1020 g/mol. The molecule has 80 heavy (non-hydrogen) atoms. The summed E-state index contributed by atoms with van der Waals surface area (Å²) in [6.45, 7) is 9.48. The van der Waals surface area contributed by atoms with E-state index in [0.717, 1.165) is 22.7 Å². The molecular formula is C78H56N2. The normalized spacial score (nSPS) is 13.9. The van der Waals surface area contributed by atoms with Crippen molar-refractivity contribution in [1.29, 1.82) is 0 Å². The molecule has 14 aromatic rings. The first-order valence-electron chi connectivity index (χ1n) is 28.2. The highest BCUT2D eigenvalue weighted by Crippen LogP contribution is 2.55. The Morgan fingerprint density at radius 1 is 0.225 bits per heavy atom. The SMILES string of the molecule is CC1(C)c2ccccc2Nc2c(-c3cccc4c(-c5c6cccc(-c7cccc8ccccc78)c6cc6c(-c7cccc8ccccc78)cccc56)c5cccc(-c6cccc7c6Nc6ccccc6C7(C)C)c5cc34)cccc21. The Morgan fingerprint density at radius 3 is 0.887 bits per heavy atom. The van der Waals surface area contributed by atoms with Crippen LogP contribution in [0.25, 0.3) is 120 Å². The molecule has 0 atom stereocenters. The Kier molecular flexibility index (Phi) is 10.1. The quantitative estimate of drug-likeness (QED) is 0.168. The first kappa shape index (κ1) is 46.3. The third kappa shape index (κ3) is 6.72. The molecule has 0 aromatic heterocycles. The zero-order valence-electron chi connectivity index (χ0n) is 45.2. The average Bonchev–Trinajstić information content (AvgIpc) is 3.63. The van der Waals surface area contributed by atoms with Crippen LogP contribution < -0.4 is 10.6 Å². The molecule has 2 heteroatoms. The van der Waals surface area contributed by atoms with Crippen molar-refractivity contribution in [1.82, 2.24) is 0 Å².